The van der Waals surface area contributed by atoms with E-state index < -0.39 is 18.8 Å². The van der Waals surface area contributed by atoms with E-state index in [0.29, 0.717) is 16.6 Å². The average Bonchev–Trinajstić information content (AvgIpc) is 3.13. The zero-order valence-corrected chi connectivity index (χ0v) is 15.8. The quantitative estimate of drug-likeness (QED) is 0.434. The Morgan fingerprint density at radius 3 is 2.41 bits per heavy atom. The molecule has 0 fully saturated rings. The Kier molecular flexibility index (Phi) is 5.60. The molecule has 142 valence electrons. The number of nitrogens with zero attached hydrogens (tertiary/aromatic N) is 2. The molecule has 0 bridgehead atoms. The fourth-order valence-corrected chi connectivity index (χ4v) is 4.11. The first-order chi connectivity index (χ1) is 12.8. The lowest BCUT2D eigenvalue weighted by atomic mass is 10.2. The molecule has 0 aliphatic rings. The summed E-state index contributed by atoms with van der Waals surface area (Å²) >= 11 is 4.86. The van der Waals surface area contributed by atoms with Crippen LogP contribution in [0.2, 0.25) is 0 Å². The highest BCUT2D eigenvalue weighted by atomic mass is 35.5. The predicted octanol–water partition coefficient (Wildman–Crippen LogP) is 4.99. The first kappa shape index (κ1) is 19.5. The van der Waals surface area contributed by atoms with Gasteiger partial charge in [0.05, 0.1) is 11.9 Å². The van der Waals surface area contributed by atoms with Gasteiger partial charge >= 0.3 is 18.8 Å². The van der Waals surface area contributed by atoms with Gasteiger partial charge in [-0.15, -0.1) is 0 Å². The maximum absolute atomic E-state index is 13.3. The number of benzene rings is 2. The predicted molar refractivity (Wildman–Crippen MR) is 98.4 cm³/mol. The number of nitrogens with one attached hydrogen (secondary N) is 1. The van der Waals surface area contributed by atoms with Crippen LogP contribution < -0.4 is 10.4 Å². The van der Waals surface area contributed by atoms with E-state index in [1.54, 1.807) is 31.2 Å². The van der Waals surface area contributed by atoms with Crippen molar-refractivity contribution in [3.8, 4) is 11.4 Å². The molecule has 0 aliphatic heterocycles. The number of hydrogen-bond donors (Lipinski definition) is 1. The molecule has 3 aromatic rings. The third kappa shape index (κ3) is 4.53. The molecule has 0 saturated carbocycles. The average molecular weight is 414 g/mol. The van der Waals surface area contributed by atoms with Crippen LogP contribution in [0.4, 0.5) is 14.5 Å². The van der Waals surface area contributed by atoms with Gasteiger partial charge in [0, 0.05) is 11.3 Å². The Hall–Kier alpha value is -2.28. The van der Waals surface area contributed by atoms with E-state index in [0.717, 1.165) is 0 Å². The molecule has 3 rings (SSSR count). The summed E-state index contributed by atoms with van der Waals surface area (Å²) in [5, 5.41) is 3.07. The van der Waals surface area contributed by atoms with Crippen molar-refractivity contribution in [3.05, 3.63) is 60.5 Å². The summed E-state index contributed by atoms with van der Waals surface area (Å²) in [6.45, 7) is 1.97. The maximum atomic E-state index is 13.3. The van der Waals surface area contributed by atoms with Crippen molar-refractivity contribution in [3.63, 3.8) is 0 Å². The van der Waals surface area contributed by atoms with Gasteiger partial charge in [-0.1, -0.05) is 35.5 Å². The minimum atomic E-state index is -3.74. The van der Waals surface area contributed by atoms with Gasteiger partial charge in [0.15, 0.2) is 0 Å². The number of para-hydroxylation sites is 1. The van der Waals surface area contributed by atoms with E-state index in [9.17, 15) is 13.3 Å². The van der Waals surface area contributed by atoms with Crippen molar-refractivity contribution in [2.75, 3.05) is 11.7 Å². The molecule has 0 radical (unpaired) electrons. The van der Waals surface area contributed by atoms with Gasteiger partial charge in [0.1, 0.15) is 0 Å². The number of halogens is 3. The molecule has 0 spiro atoms. The van der Waals surface area contributed by atoms with Crippen LogP contribution in [0.15, 0.2) is 59.1 Å². The number of aromatic nitrogens is 2. The van der Waals surface area contributed by atoms with Gasteiger partial charge in [-0.25, -0.2) is 0 Å². The molecule has 10 heteroatoms. The summed E-state index contributed by atoms with van der Waals surface area (Å²) in [4.78, 5) is 3.57. The summed E-state index contributed by atoms with van der Waals surface area (Å²) in [5.41, 5.74) is 1.04. The zero-order valence-electron chi connectivity index (χ0n) is 14.1. The van der Waals surface area contributed by atoms with Crippen molar-refractivity contribution in [1.29, 1.82) is 0 Å². The van der Waals surface area contributed by atoms with E-state index >= 15 is 0 Å². The van der Waals surface area contributed by atoms with E-state index in [-0.39, 0.29) is 12.4 Å². The molecule has 0 saturated heterocycles. The molecule has 1 aromatic heterocycles. The molecule has 1 heterocycles. The summed E-state index contributed by atoms with van der Waals surface area (Å²) in [6.07, 6.45) is 0. The minimum absolute atomic E-state index is 0.0564. The summed E-state index contributed by atoms with van der Waals surface area (Å²) in [5.74, 6) is -1.05. The second-order valence-corrected chi connectivity index (χ2v) is 7.99. The van der Waals surface area contributed by atoms with Gasteiger partial charge in [-0.05, 0) is 42.8 Å². The molecular weight excluding hydrogens is 399 g/mol. The summed E-state index contributed by atoms with van der Waals surface area (Å²) in [6, 6.07) is 15.2. The molecule has 2 aromatic carbocycles. The van der Waals surface area contributed by atoms with Gasteiger partial charge in [-0.3, -0.25) is 4.57 Å². The van der Waals surface area contributed by atoms with Crippen molar-refractivity contribution in [2.45, 2.75) is 12.3 Å². The van der Waals surface area contributed by atoms with Crippen LogP contribution in [0.5, 0.6) is 0 Å². The lowest BCUT2D eigenvalue weighted by Gasteiger charge is -2.20. The Morgan fingerprint density at radius 2 is 1.85 bits per heavy atom. The van der Waals surface area contributed by atoms with E-state index in [1.807, 2.05) is 18.2 Å². The lowest BCUT2D eigenvalue weighted by molar-refractivity contribution is 0.0551. The van der Waals surface area contributed by atoms with Crippen LogP contribution in [0.1, 0.15) is 12.8 Å². The summed E-state index contributed by atoms with van der Waals surface area (Å²) < 4.78 is 49.2. The number of hydrogen-bond acceptors (Lipinski definition) is 5. The molecule has 0 amide bonds. The Balaban J connectivity index is 1.87. The van der Waals surface area contributed by atoms with Crippen LogP contribution in [0, 0.1) is 0 Å². The molecule has 6 nitrogen and oxygen atoms in total. The standard InChI is InChI=1S/C17H15ClF2N3O3P/c1-2-25-27(24,23-13-6-4-3-5-7-13)14-10-8-12(9-11-14)15-21-16(26-22-15)17(18,19)20/h3-11H,2H2,1H3,(H,23,24). The van der Waals surface area contributed by atoms with Crippen LogP contribution in [-0.2, 0) is 14.5 Å². The van der Waals surface area contributed by atoms with Crippen molar-refractivity contribution < 1.29 is 22.4 Å². The second kappa shape index (κ2) is 7.76. The highest BCUT2D eigenvalue weighted by molar-refractivity contribution is 7.68. The maximum Gasteiger partial charge on any atom is 0.400 e. The fourth-order valence-electron chi connectivity index (χ4n) is 2.30. The third-order valence-corrected chi connectivity index (χ3v) is 5.81. The largest absolute Gasteiger partial charge is 0.400 e. The number of anilines is 1. The van der Waals surface area contributed by atoms with Crippen LogP contribution in [-0.4, -0.2) is 16.7 Å². The van der Waals surface area contributed by atoms with Crippen LogP contribution >= 0.6 is 19.1 Å². The van der Waals surface area contributed by atoms with Gasteiger partial charge < -0.3 is 14.1 Å². The topological polar surface area (TPSA) is 77.2 Å². The number of rotatable bonds is 7. The minimum Gasteiger partial charge on any atom is -0.331 e. The highest BCUT2D eigenvalue weighted by Crippen LogP contribution is 2.45. The van der Waals surface area contributed by atoms with Crippen LogP contribution in [0.3, 0.4) is 0 Å². The first-order valence-corrected chi connectivity index (χ1v) is 9.92. The molecule has 1 unspecified atom stereocenters. The van der Waals surface area contributed by atoms with Gasteiger partial charge in [-0.2, -0.15) is 13.8 Å². The van der Waals surface area contributed by atoms with E-state index in [4.69, 9.17) is 16.1 Å². The lowest BCUT2D eigenvalue weighted by Crippen LogP contribution is -2.14. The normalized spacial score (nSPS) is 13.9. The monoisotopic (exact) mass is 413 g/mol. The molecular formula is C17H15ClF2N3O3P. The van der Waals surface area contributed by atoms with Crippen molar-refractivity contribution in [2.24, 2.45) is 0 Å². The Labute approximate surface area is 159 Å². The molecule has 0 aliphatic carbocycles. The molecule has 27 heavy (non-hydrogen) atoms. The smallest absolute Gasteiger partial charge is 0.331 e. The first-order valence-electron chi connectivity index (χ1n) is 7.91. The van der Waals surface area contributed by atoms with Gasteiger partial charge in [0.25, 0.3) is 0 Å². The number of alkyl halides is 3. The third-order valence-electron chi connectivity index (χ3n) is 3.49. The molecule has 1 N–H and O–H groups in total. The van der Waals surface area contributed by atoms with Crippen LogP contribution in [0.25, 0.3) is 11.4 Å². The van der Waals surface area contributed by atoms with Crippen molar-refractivity contribution >= 4 is 30.1 Å². The van der Waals surface area contributed by atoms with E-state index in [2.05, 4.69) is 19.8 Å². The fraction of sp³-hybridized carbons (Fsp3) is 0.176. The Morgan fingerprint density at radius 1 is 1.19 bits per heavy atom. The van der Waals surface area contributed by atoms with E-state index in [1.165, 1.54) is 12.1 Å². The SMILES string of the molecule is CCOP(=O)(Nc1ccccc1)c1ccc(-c2noc(C(F)(F)Cl)n2)cc1. The van der Waals surface area contributed by atoms with Crippen molar-refractivity contribution in [1.82, 2.24) is 10.1 Å². The van der Waals surface area contributed by atoms with Gasteiger partial charge in [0.2, 0.25) is 5.82 Å². The summed E-state index contributed by atoms with van der Waals surface area (Å²) in [7, 11) is -3.38. The molecule has 1 atom stereocenters. The Bertz CT molecular complexity index is 946. The zero-order chi connectivity index (χ0) is 19.5. The second-order valence-electron chi connectivity index (χ2n) is 5.41. The highest BCUT2D eigenvalue weighted by Gasteiger charge is 2.35.